The largest absolute Gasteiger partial charge is 0.365 e. The Labute approximate surface area is 157 Å². The lowest BCUT2D eigenvalue weighted by Crippen LogP contribution is -2.40. The third-order valence-corrected chi connectivity index (χ3v) is 5.91. The van der Waals surface area contributed by atoms with Gasteiger partial charge < -0.3 is 10.6 Å². The maximum absolute atomic E-state index is 5.87. The fraction of sp³-hybridized carbons (Fsp3) is 0.444. The van der Waals surface area contributed by atoms with Crippen molar-refractivity contribution in [2.24, 2.45) is 0 Å². The standard InChI is InChI=1S/C18H22ClN5S/c19-16-10-20-11-17(24-16)21-9-12-6-7-14-15(8-12)25-18(23-14)22-13-4-2-1-3-5-13/h6-8,10-11,13,18,22-23H,1-5,9H2,(H,21,24). The van der Waals surface area contributed by atoms with Crippen molar-refractivity contribution in [1.82, 2.24) is 15.3 Å². The molecule has 0 radical (unpaired) electrons. The molecule has 0 saturated heterocycles. The molecular weight excluding hydrogens is 354 g/mol. The Bertz CT molecular complexity index is 735. The molecule has 2 heterocycles. The number of fused-ring (bicyclic) bond motifs is 1. The highest BCUT2D eigenvalue weighted by atomic mass is 35.5. The van der Waals surface area contributed by atoms with Gasteiger partial charge in [0.1, 0.15) is 16.5 Å². The molecule has 2 aromatic rings. The Balaban J connectivity index is 1.34. The Hall–Kier alpha value is -1.50. The third-order valence-electron chi connectivity index (χ3n) is 4.65. The summed E-state index contributed by atoms with van der Waals surface area (Å²) in [6.45, 7) is 0.698. The molecule has 132 valence electrons. The van der Waals surface area contributed by atoms with Crippen LogP contribution in [-0.2, 0) is 6.54 Å². The van der Waals surface area contributed by atoms with E-state index in [9.17, 15) is 0 Å². The number of nitrogens with one attached hydrogen (secondary N) is 3. The van der Waals surface area contributed by atoms with E-state index in [1.54, 1.807) is 6.20 Å². The molecule has 2 aliphatic rings. The van der Waals surface area contributed by atoms with Crippen LogP contribution in [0.4, 0.5) is 11.5 Å². The van der Waals surface area contributed by atoms with Gasteiger partial charge in [0.15, 0.2) is 0 Å². The second-order valence-corrected chi connectivity index (χ2v) is 8.09. The maximum atomic E-state index is 5.87. The minimum absolute atomic E-state index is 0.278. The van der Waals surface area contributed by atoms with Crippen LogP contribution in [0.25, 0.3) is 0 Å². The zero-order valence-electron chi connectivity index (χ0n) is 14.0. The maximum Gasteiger partial charge on any atom is 0.149 e. The molecule has 1 aromatic heterocycles. The number of hydrogen-bond acceptors (Lipinski definition) is 6. The van der Waals surface area contributed by atoms with Crippen molar-refractivity contribution in [2.45, 2.75) is 55.1 Å². The summed E-state index contributed by atoms with van der Waals surface area (Å²) in [6, 6.07) is 7.18. The van der Waals surface area contributed by atoms with E-state index >= 15 is 0 Å². The summed E-state index contributed by atoms with van der Waals surface area (Å²) < 4.78 is 0. The lowest BCUT2D eigenvalue weighted by molar-refractivity contribution is 0.375. The Morgan fingerprint density at radius 1 is 1.20 bits per heavy atom. The van der Waals surface area contributed by atoms with Gasteiger partial charge in [0.05, 0.1) is 12.4 Å². The van der Waals surface area contributed by atoms with Gasteiger partial charge in [0.25, 0.3) is 0 Å². The molecule has 1 atom stereocenters. The van der Waals surface area contributed by atoms with E-state index in [-0.39, 0.29) is 5.50 Å². The molecule has 1 aromatic carbocycles. The molecule has 1 aliphatic carbocycles. The topological polar surface area (TPSA) is 61.9 Å². The molecule has 25 heavy (non-hydrogen) atoms. The third kappa shape index (κ3) is 4.37. The van der Waals surface area contributed by atoms with Gasteiger partial charge >= 0.3 is 0 Å². The van der Waals surface area contributed by atoms with Crippen molar-refractivity contribution in [3.63, 3.8) is 0 Å². The Morgan fingerprint density at radius 2 is 2.08 bits per heavy atom. The van der Waals surface area contributed by atoms with E-state index < -0.39 is 0 Å². The Morgan fingerprint density at radius 3 is 2.92 bits per heavy atom. The van der Waals surface area contributed by atoms with Gasteiger partial charge in [-0.3, -0.25) is 10.3 Å². The first kappa shape index (κ1) is 16.9. The SMILES string of the molecule is Clc1cncc(NCc2ccc3c(c2)SC(NC2CCCCC2)N3)n1. The number of hydrogen-bond donors (Lipinski definition) is 3. The molecule has 1 fully saturated rings. The monoisotopic (exact) mass is 375 g/mol. The smallest absolute Gasteiger partial charge is 0.149 e. The van der Waals surface area contributed by atoms with Crippen molar-refractivity contribution in [2.75, 3.05) is 10.6 Å². The molecule has 1 aliphatic heterocycles. The lowest BCUT2D eigenvalue weighted by atomic mass is 9.96. The highest BCUT2D eigenvalue weighted by Crippen LogP contribution is 2.38. The molecule has 0 bridgehead atoms. The van der Waals surface area contributed by atoms with Gasteiger partial charge in [-0.25, -0.2) is 4.98 Å². The van der Waals surface area contributed by atoms with Gasteiger partial charge in [-0.2, -0.15) is 0 Å². The van der Waals surface area contributed by atoms with Crippen LogP contribution in [0.3, 0.4) is 0 Å². The molecular formula is C18H22ClN5S. The molecule has 1 unspecified atom stereocenters. The second kappa shape index (κ2) is 7.81. The van der Waals surface area contributed by atoms with Gasteiger partial charge in [-0.1, -0.05) is 48.7 Å². The molecule has 4 rings (SSSR count). The van der Waals surface area contributed by atoms with Crippen LogP contribution in [0, 0.1) is 0 Å². The lowest BCUT2D eigenvalue weighted by Gasteiger charge is -2.26. The number of nitrogens with zero attached hydrogens (tertiary/aromatic N) is 2. The van der Waals surface area contributed by atoms with Crippen LogP contribution in [0.2, 0.25) is 5.15 Å². The summed E-state index contributed by atoms with van der Waals surface area (Å²) in [6.07, 6.45) is 9.89. The fourth-order valence-corrected chi connectivity index (χ4v) is 4.69. The van der Waals surface area contributed by atoms with Crippen LogP contribution in [0.5, 0.6) is 0 Å². The fourth-order valence-electron chi connectivity index (χ4n) is 3.37. The molecule has 7 heteroatoms. The zero-order chi connectivity index (χ0) is 17.1. The quantitative estimate of drug-likeness (QED) is 0.716. The number of thioether (sulfide) groups is 1. The van der Waals surface area contributed by atoms with Crippen molar-refractivity contribution >= 4 is 34.9 Å². The van der Waals surface area contributed by atoms with Crippen molar-refractivity contribution < 1.29 is 0 Å². The van der Waals surface area contributed by atoms with Crippen LogP contribution in [-0.4, -0.2) is 21.5 Å². The van der Waals surface area contributed by atoms with Crippen LogP contribution in [0.15, 0.2) is 35.5 Å². The van der Waals surface area contributed by atoms with E-state index in [1.165, 1.54) is 54.4 Å². The van der Waals surface area contributed by atoms with Gasteiger partial charge in [-0.15, -0.1) is 0 Å². The number of rotatable bonds is 5. The second-order valence-electron chi connectivity index (χ2n) is 6.55. The first-order valence-corrected chi connectivity index (χ1v) is 10.1. The predicted octanol–water partition coefficient (Wildman–Crippen LogP) is 4.47. The average molecular weight is 376 g/mol. The normalized spacial score (nSPS) is 20.1. The van der Waals surface area contributed by atoms with Gasteiger partial charge in [-0.05, 0) is 30.5 Å². The Kier molecular flexibility index (Phi) is 5.29. The minimum atomic E-state index is 0.278. The summed E-state index contributed by atoms with van der Waals surface area (Å²) in [5.41, 5.74) is 2.71. The summed E-state index contributed by atoms with van der Waals surface area (Å²) in [5, 5.41) is 11.0. The average Bonchev–Trinajstić information content (AvgIpc) is 3.02. The number of benzene rings is 1. The highest BCUT2D eigenvalue weighted by molar-refractivity contribution is 8.00. The van der Waals surface area contributed by atoms with E-state index in [1.807, 2.05) is 11.8 Å². The van der Waals surface area contributed by atoms with E-state index in [0.29, 0.717) is 23.6 Å². The zero-order valence-corrected chi connectivity index (χ0v) is 15.5. The van der Waals surface area contributed by atoms with Crippen molar-refractivity contribution in [3.05, 3.63) is 41.3 Å². The van der Waals surface area contributed by atoms with E-state index in [4.69, 9.17) is 11.6 Å². The van der Waals surface area contributed by atoms with Gasteiger partial charge in [0.2, 0.25) is 0 Å². The summed E-state index contributed by atoms with van der Waals surface area (Å²) in [4.78, 5) is 9.54. The van der Waals surface area contributed by atoms with Crippen LogP contribution in [0.1, 0.15) is 37.7 Å². The molecule has 0 amide bonds. The summed E-state index contributed by atoms with van der Waals surface area (Å²) in [5.74, 6) is 0.690. The summed E-state index contributed by atoms with van der Waals surface area (Å²) >= 11 is 7.74. The first-order chi connectivity index (χ1) is 12.3. The number of aromatic nitrogens is 2. The number of halogens is 1. The van der Waals surface area contributed by atoms with E-state index in [0.717, 1.165) is 0 Å². The molecule has 1 saturated carbocycles. The first-order valence-electron chi connectivity index (χ1n) is 8.80. The number of anilines is 2. The molecule has 5 nitrogen and oxygen atoms in total. The van der Waals surface area contributed by atoms with Crippen molar-refractivity contribution in [1.29, 1.82) is 0 Å². The van der Waals surface area contributed by atoms with Crippen LogP contribution < -0.4 is 16.0 Å². The van der Waals surface area contributed by atoms with Crippen LogP contribution >= 0.6 is 23.4 Å². The van der Waals surface area contributed by atoms with E-state index in [2.05, 4.69) is 44.1 Å². The highest BCUT2D eigenvalue weighted by Gasteiger charge is 2.24. The van der Waals surface area contributed by atoms with Gasteiger partial charge in [0, 0.05) is 23.2 Å². The summed E-state index contributed by atoms with van der Waals surface area (Å²) in [7, 11) is 0. The molecule has 3 N–H and O–H groups in total. The molecule has 0 spiro atoms. The predicted molar refractivity (Wildman–Crippen MR) is 104 cm³/mol. The van der Waals surface area contributed by atoms with Crippen molar-refractivity contribution in [3.8, 4) is 0 Å². The minimum Gasteiger partial charge on any atom is -0.365 e.